The van der Waals surface area contributed by atoms with Gasteiger partial charge in [-0.15, -0.1) is 0 Å². The second kappa shape index (κ2) is 10.7. The molecule has 4 aromatic rings. The van der Waals surface area contributed by atoms with Gasteiger partial charge in [0.25, 0.3) is 0 Å². The summed E-state index contributed by atoms with van der Waals surface area (Å²) in [4.78, 5) is 2.68. The number of hydrogen-bond acceptors (Lipinski definition) is 3. The Kier molecular flexibility index (Phi) is 6.84. The van der Waals surface area contributed by atoms with Crippen molar-refractivity contribution in [2.75, 3.05) is 13.1 Å². The molecule has 0 unspecified atom stereocenters. The van der Waals surface area contributed by atoms with Crippen molar-refractivity contribution >= 4 is 0 Å². The number of rotatable bonds is 8. The zero-order chi connectivity index (χ0) is 24.2. The van der Waals surface area contributed by atoms with Crippen LogP contribution in [0.2, 0.25) is 0 Å². The van der Waals surface area contributed by atoms with Gasteiger partial charge < -0.3 is 9.47 Å². The first kappa shape index (κ1) is 23.0. The van der Waals surface area contributed by atoms with Gasteiger partial charge in [0.15, 0.2) is 0 Å². The number of nitrogens with zero attached hydrogens (tertiary/aromatic N) is 1. The van der Waals surface area contributed by atoms with Gasteiger partial charge in [0.05, 0.1) is 12.7 Å². The predicted octanol–water partition coefficient (Wildman–Crippen LogP) is 7.29. The Morgan fingerprint density at radius 1 is 0.667 bits per heavy atom. The maximum atomic E-state index is 6.85. The summed E-state index contributed by atoms with van der Waals surface area (Å²) in [7, 11) is 0. The Morgan fingerprint density at radius 3 is 1.89 bits per heavy atom. The highest BCUT2D eigenvalue weighted by Crippen LogP contribution is 2.43. The molecule has 0 aromatic heterocycles. The molecule has 2 bridgehead atoms. The number of fused-ring (bicyclic) bond motifs is 3. The molecule has 0 aliphatic carbocycles. The highest BCUT2D eigenvalue weighted by atomic mass is 16.5. The smallest absolute Gasteiger partial charge is 0.127 e. The van der Waals surface area contributed by atoms with Gasteiger partial charge in [0.1, 0.15) is 11.5 Å². The SMILES string of the molecule is c1ccc(Oc2cccc(CO[C@H]3C4CCN(CC4)[C@@H]3C(c3ccccc3)c3ccccc3)c2)cc1. The van der Waals surface area contributed by atoms with Crippen molar-refractivity contribution in [3.8, 4) is 11.5 Å². The van der Waals surface area contributed by atoms with Gasteiger partial charge in [0, 0.05) is 12.0 Å². The monoisotopic (exact) mass is 475 g/mol. The minimum atomic E-state index is 0.191. The van der Waals surface area contributed by atoms with E-state index in [0.29, 0.717) is 18.6 Å². The third-order valence-corrected chi connectivity index (χ3v) is 7.78. The topological polar surface area (TPSA) is 21.7 Å². The van der Waals surface area contributed by atoms with Crippen LogP contribution < -0.4 is 4.74 Å². The fraction of sp³-hybridized carbons (Fsp3) is 0.273. The predicted molar refractivity (Wildman–Crippen MR) is 144 cm³/mol. The summed E-state index contributed by atoms with van der Waals surface area (Å²) >= 11 is 0. The number of piperidine rings is 3. The molecule has 3 fully saturated rings. The van der Waals surface area contributed by atoms with Crippen LogP contribution in [0, 0.1) is 5.92 Å². The molecular weight excluding hydrogens is 442 g/mol. The first-order valence-electron chi connectivity index (χ1n) is 13.1. The summed E-state index contributed by atoms with van der Waals surface area (Å²) < 4.78 is 12.9. The molecule has 3 saturated heterocycles. The molecular formula is C33H33NO2. The molecule has 36 heavy (non-hydrogen) atoms. The molecule has 182 valence electrons. The number of benzene rings is 4. The highest BCUT2D eigenvalue weighted by molar-refractivity contribution is 5.36. The van der Waals surface area contributed by atoms with Crippen molar-refractivity contribution in [2.45, 2.75) is 37.5 Å². The van der Waals surface area contributed by atoms with Crippen LogP contribution in [0.25, 0.3) is 0 Å². The van der Waals surface area contributed by atoms with E-state index in [1.807, 2.05) is 36.4 Å². The normalized spacial score (nSPS) is 23.0. The van der Waals surface area contributed by atoms with Gasteiger partial charge in [-0.25, -0.2) is 0 Å². The Labute approximate surface area is 214 Å². The molecule has 4 aromatic carbocycles. The van der Waals surface area contributed by atoms with Gasteiger partial charge in [-0.1, -0.05) is 91.0 Å². The van der Waals surface area contributed by atoms with Crippen molar-refractivity contribution in [3.63, 3.8) is 0 Å². The van der Waals surface area contributed by atoms with E-state index < -0.39 is 0 Å². The quantitative estimate of drug-likeness (QED) is 0.267. The first-order chi connectivity index (χ1) is 17.8. The fourth-order valence-electron chi connectivity index (χ4n) is 6.09. The van der Waals surface area contributed by atoms with Crippen molar-refractivity contribution < 1.29 is 9.47 Å². The molecule has 3 nitrogen and oxygen atoms in total. The zero-order valence-electron chi connectivity index (χ0n) is 20.6. The molecule has 3 aliphatic rings. The summed E-state index contributed by atoms with van der Waals surface area (Å²) in [5, 5.41) is 0. The molecule has 3 aliphatic heterocycles. The van der Waals surface area contributed by atoms with Crippen molar-refractivity contribution in [1.29, 1.82) is 0 Å². The van der Waals surface area contributed by atoms with Crippen molar-refractivity contribution in [1.82, 2.24) is 4.90 Å². The van der Waals surface area contributed by atoms with Gasteiger partial charge in [-0.05, 0) is 72.8 Å². The lowest BCUT2D eigenvalue weighted by Gasteiger charge is -2.53. The second-order valence-corrected chi connectivity index (χ2v) is 10.0. The standard InChI is InChI=1S/C33H33NO2/c1-4-12-26(13-5-1)31(27-14-6-2-7-15-27)32-33(28-19-21-34(32)22-20-28)35-24-25-11-10-18-30(23-25)36-29-16-8-3-9-17-29/h1-18,23,28,31-33H,19-22,24H2/t32-,33+/m1/s1. The Hall–Kier alpha value is -3.40. The summed E-state index contributed by atoms with van der Waals surface area (Å²) in [6, 6.07) is 40.6. The minimum absolute atomic E-state index is 0.191. The van der Waals surface area contributed by atoms with E-state index in [2.05, 4.69) is 83.8 Å². The van der Waals surface area contributed by atoms with Crippen LogP contribution in [0.1, 0.15) is 35.4 Å². The van der Waals surface area contributed by atoms with Gasteiger partial charge >= 0.3 is 0 Å². The summed E-state index contributed by atoms with van der Waals surface area (Å²) in [5.41, 5.74) is 3.89. The van der Waals surface area contributed by atoms with Gasteiger partial charge in [-0.2, -0.15) is 0 Å². The van der Waals surface area contributed by atoms with Crippen LogP contribution in [0.5, 0.6) is 11.5 Å². The Balaban J connectivity index is 1.26. The molecule has 2 atom stereocenters. The van der Waals surface area contributed by atoms with E-state index in [4.69, 9.17) is 9.47 Å². The molecule has 7 rings (SSSR count). The van der Waals surface area contributed by atoms with Crippen LogP contribution in [0.3, 0.4) is 0 Å². The van der Waals surface area contributed by atoms with Crippen LogP contribution in [-0.4, -0.2) is 30.1 Å². The van der Waals surface area contributed by atoms with Crippen molar-refractivity contribution in [3.05, 3.63) is 132 Å². The largest absolute Gasteiger partial charge is 0.457 e. The second-order valence-electron chi connectivity index (χ2n) is 10.0. The lowest BCUT2D eigenvalue weighted by Crippen LogP contribution is -2.60. The molecule has 3 heterocycles. The zero-order valence-corrected chi connectivity index (χ0v) is 20.6. The van der Waals surface area contributed by atoms with Crippen LogP contribution >= 0.6 is 0 Å². The molecule has 0 spiro atoms. The highest BCUT2D eigenvalue weighted by Gasteiger charge is 2.47. The molecule has 0 radical (unpaired) electrons. The van der Waals surface area contributed by atoms with E-state index >= 15 is 0 Å². The van der Waals surface area contributed by atoms with E-state index in [1.165, 1.54) is 24.0 Å². The average molecular weight is 476 g/mol. The number of hydrogen-bond donors (Lipinski definition) is 0. The summed E-state index contributed by atoms with van der Waals surface area (Å²) in [5.74, 6) is 2.58. The molecule has 3 heteroatoms. The van der Waals surface area contributed by atoms with E-state index in [9.17, 15) is 0 Å². The fourth-order valence-corrected chi connectivity index (χ4v) is 6.09. The van der Waals surface area contributed by atoms with Crippen LogP contribution in [0.15, 0.2) is 115 Å². The van der Waals surface area contributed by atoms with Crippen LogP contribution in [0.4, 0.5) is 0 Å². The average Bonchev–Trinajstić information content (AvgIpc) is 2.95. The van der Waals surface area contributed by atoms with E-state index in [1.54, 1.807) is 0 Å². The third-order valence-electron chi connectivity index (χ3n) is 7.78. The number of ether oxygens (including phenoxy) is 2. The summed E-state index contributed by atoms with van der Waals surface area (Å²) in [6.07, 6.45) is 2.63. The minimum Gasteiger partial charge on any atom is -0.457 e. The van der Waals surface area contributed by atoms with Gasteiger partial charge in [0.2, 0.25) is 0 Å². The summed E-state index contributed by atoms with van der Waals surface area (Å²) in [6.45, 7) is 2.91. The van der Waals surface area contributed by atoms with Crippen LogP contribution in [-0.2, 0) is 11.3 Å². The third kappa shape index (κ3) is 4.95. The van der Waals surface area contributed by atoms with Crippen molar-refractivity contribution in [2.24, 2.45) is 5.92 Å². The lowest BCUT2D eigenvalue weighted by molar-refractivity contribution is -0.120. The van der Waals surface area contributed by atoms with E-state index in [-0.39, 0.29) is 12.0 Å². The molecule has 0 N–H and O–H groups in total. The molecule has 0 amide bonds. The lowest BCUT2D eigenvalue weighted by atomic mass is 9.72. The number of para-hydroxylation sites is 1. The maximum Gasteiger partial charge on any atom is 0.127 e. The van der Waals surface area contributed by atoms with E-state index in [0.717, 1.165) is 30.2 Å². The maximum absolute atomic E-state index is 6.85. The molecule has 0 saturated carbocycles. The Morgan fingerprint density at radius 2 is 1.25 bits per heavy atom. The Bertz CT molecular complexity index is 1200. The van der Waals surface area contributed by atoms with Gasteiger partial charge in [-0.3, -0.25) is 4.90 Å². The first-order valence-corrected chi connectivity index (χ1v) is 13.1.